The second kappa shape index (κ2) is 4.30. The number of rotatable bonds is 3. The third-order valence-corrected chi connectivity index (χ3v) is 3.25. The van der Waals surface area contributed by atoms with Gasteiger partial charge < -0.3 is 10.3 Å². The maximum absolute atomic E-state index is 12.0. The number of aromatic nitrogens is 2. The Morgan fingerprint density at radius 2 is 2.29 bits per heavy atom. The van der Waals surface area contributed by atoms with Gasteiger partial charge in [-0.05, 0) is 31.5 Å². The average Bonchev–Trinajstić information content (AvgIpc) is 2.96. The van der Waals surface area contributed by atoms with Crippen molar-refractivity contribution in [2.75, 3.05) is 6.54 Å². The number of ketones is 1. The molecule has 0 saturated carbocycles. The summed E-state index contributed by atoms with van der Waals surface area (Å²) in [4.78, 5) is 19.4. The van der Waals surface area contributed by atoms with Crippen LogP contribution in [0.2, 0.25) is 0 Å². The average molecular weight is 229 g/mol. The second-order valence-corrected chi connectivity index (χ2v) is 4.52. The summed E-state index contributed by atoms with van der Waals surface area (Å²) >= 11 is 0. The van der Waals surface area contributed by atoms with E-state index in [2.05, 4.69) is 15.3 Å². The lowest BCUT2D eigenvalue weighted by Crippen LogP contribution is -2.24. The Kier molecular flexibility index (Phi) is 2.65. The summed E-state index contributed by atoms with van der Waals surface area (Å²) in [5, 5.41) is 3.33. The minimum Gasteiger partial charge on any atom is -0.335 e. The summed E-state index contributed by atoms with van der Waals surface area (Å²) < 4.78 is 0. The van der Waals surface area contributed by atoms with Gasteiger partial charge in [-0.3, -0.25) is 4.79 Å². The van der Waals surface area contributed by atoms with Gasteiger partial charge in [0, 0.05) is 12.5 Å². The van der Waals surface area contributed by atoms with E-state index in [1.165, 1.54) is 0 Å². The number of nitrogens with zero attached hydrogens (tertiary/aromatic N) is 1. The maximum Gasteiger partial charge on any atom is 0.199 e. The molecule has 4 heteroatoms. The Morgan fingerprint density at radius 3 is 3.06 bits per heavy atom. The van der Waals surface area contributed by atoms with Gasteiger partial charge in [0.25, 0.3) is 0 Å². The van der Waals surface area contributed by atoms with Crippen molar-refractivity contribution in [1.29, 1.82) is 0 Å². The van der Waals surface area contributed by atoms with E-state index in [-0.39, 0.29) is 5.78 Å². The van der Waals surface area contributed by atoms with Crippen LogP contribution in [-0.4, -0.2) is 28.3 Å². The first-order valence-electron chi connectivity index (χ1n) is 6.04. The Labute approximate surface area is 99.4 Å². The van der Waals surface area contributed by atoms with Crippen molar-refractivity contribution in [3.05, 3.63) is 30.1 Å². The van der Waals surface area contributed by atoms with Gasteiger partial charge in [0.1, 0.15) is 0 Å². The Balaban J connectivity index is 1.80. The first-order chi connectivity index (χ1) is 8.33. The number of hydrogen-bond donors (Lipinski definition) is 2. The van der Waals surface area contributed by atoms with E-state index in [9.17, 15) is 4.79 Å². The number of imidazole rings is 1. The quantitative estimate of drug-likeness (QED) is 0.790. The molecule has 0 spiro atoms. The fourth-order valence-electron chi connectivity index (χ4n) is 2.34. The summed E-state index contributed by atoms with van der Waals surface area (Å²) in [6.07, 6.45) is 2.80. The van der Waals surface area contributed by atoms with Crippen molar-refractivity contribution < 1.29 is 4.79 Å². The fraction of sp³-hybridized carbons (Fsp3) is 0.385. The van der Waals surface area contributed by atoms with E-state index in [1.54, 1.807) is 0 Å². The molecule has 4 nitrogen and oxygen atoms in total. The molecular weight excluding hydrogens is 214 g/mol. The third-order valence-electron chi connectivity index (χ3n) is 3.25. The molecule has 1 atom stereocenters. The number of H-pyrrole nitrogens is 1. The molecule has 0 bridgehead atoms. The van der Waals surface area contributed by atoms with E-state index in [0.29, 0.717) is 18.3 Å². The zero-order valence-corrected chi connectivity index (χ0v) is 9.57. The lowest BCUT2D eigenvalue weighted by Gasteiger charge is -2.06. The van der Waals surface area contributed by atoms with E-state index >= 15 is 0 Å². The van der Waals surface area contributed by atoms with Gasteiger partial charge in [-0.1, -0.05) is 12.1 Å². The van der Waals surface area contributed by atoms with Gasteiger partial charge in [0.15, 0.2) is 11.6 Å². The van der Waals surface area contributed by atoms with Gasteiger partial charge >= 0.3 is 0 Å². The molecule has 2 N–H and O–H groups in total. The second-order valence-electron chi connectivity index (χ2n) is 4.52. The number of hydrogen-bond acceptors (Lipinski definition) is 3. The molecule has 1 aliphatic heterocycles. The number of carbonyl (C=O) groups excluding carboxylic acids is 1. The van der Waals surface area contributed by atoms with Crippen molar-refractivity contribution in [2.24, 2.45) is 0 Å². The molecule has 1 saturated heterocycles. The highest BCUT2D eigenvalue weighted by atomic mass is 16.1. The van der Waals surface area contributed by atoms with Crippen LogP contribution in [-0.2, 0) is 0 Å². The Bertz CT molecular complexity index is 507. The topological polar surface area (TPSA) is 57.8 Å². The third kappa shape index (κ3) is 2.08. The summed E-state index contributed by atoms with van der Waals surface area (Å²) in [6.45, 7) is 1.03. The van der Waals surface area contributed by atoms with Crippen molar-refractivity contribution in [1.82, 2.24) is 15.3 Å². The Hall–Kier alpha value is -1.68. The number of nitrogens with one attached hydrogen (secondary N) is 2. The van der Waals surface area contributed by atoms with Gasteiger partial charge in [0.2, 0.25) is 0 Å². The van der Waals surface area contributed by atoms with Crippen LogP contribution < -0.4 is 5.32 Å². The number of aromatic amines is 1. The first kappa shape index (κ1) is 10.5. The van der Waals surface area contributed by atoms with Crippen LogP contribution in [0.1, 0.15) is 29.9 Å². The number of Topliss-reactive ketones (excluding diaryl/α,β-unsaturated/α-hetero) is 1. The minimum atomic E-state index is 0.0978. The fourth-order valence-corrected chi connectivity index (χ4v) is 2.34. The smallest absolute Gasteiger partial charge is 0.199 e. The van der Waals surface area contributed by atoms with E-state index in [1.807, 2.05) is 24.3 Å². The summed E-state index contributed by atoms with van der Waals surface area (Å²) in [5.41, 5.74) is 1.78. The zero-order chi connectivity index (χ0) is 11.7. The SMILES string of the molecule is O=C(C[C@H]1CCCN1)c1nc2ccccc2[nH]1. The number of carbonyl (C=O) groups is 1. The van der Waals surface area contributed by atoms with Crippen molar-refractivity contribution in [2.45, 2.75) is 25.3 Å². The molecule has 1 aromatic heterocycles. The molecule has 0 amide bonds. The van der Waals surface area contributed by atoms with Gasteiger partial charge in [-0.2, -0.15) is 0 Å². The highest BCUT2D eigenvalue weighted by Crippen LogP contribution is 2.14. The predicted molar refractivity (Wildman–Crippen MR) is 66.1 cm³/mol. The lowest BCUT2D eigenvalue weighted by molar-refractivity contribution is 0.0963. The van der Waals surface area contributed by atoms with Crippen molar-refractivity contribution in [3.8, 4) is 0 Å². The standard InChI is InChI=1S/C13H15N3O/c17-12(8-9-4-3-7-14-9)13-15-10-5-1-2-6-11(10)16-13/h1-2,5-6,9,14H,3-4,7-8H2,(H,15,16)/t9-/m1/s1. The summed E-state index contributed by atoms with van der Waals surface area (Å²) in [7, 11) is 0. The molecule has 1 aromatic carbocycles. The molecule has 1 aliphatic rings. The van der Waals surface area contributed by atoms with Crippen LogP contribution in [0.15, 0.2) is 24.3 Å². The van der Waals surface area contributed by atoms with E-state index in [4.69, 9.17) is 0 Å². The molecule has 1 fully saturated rings. The Morgan fingerprint density at radius 1 is 1.41 bits per heavy atom. The van der Waals surface area contributed by atoms with E-state index in [0.717, 1.165) is 30.4 Å². The zero-order valence-electron chi connectivity index (χ0n) is 9.57. The van der Waals surface area contributed by atoms with Crippen LogP contribution >= 0.6 is 0 Å². The summed E-state index contributed by atoms with van der Waals surface area (Å²) in [5.74, 6) is 0.584. The largest absolute Gasteiger partial charge is 0.335 e. The number of para-hydroxylation sites is 2. The highest BCUT2D eigenvalue weighted by Gasteiger charge is 2.20. The van der Waals surface area contributed by atoms with Gasteiger partial charge in [0.05, 0.1) is 11.0 Å². The highest BCUT2D eigenvalue weighted by molar-refractivity contribution is 5.96. The van der Waals surface area contributed by atoms with Crippen molar-refractivity contribution >= 4 is 16.8 Å². The van der Waals surface area contributed by atoms with Crippen LogP contribution in [0, 0.1) is 0 Å². The van der Waals surface area contributed by atoms with Crippen molar-refractivity contribution in [3.63, 3.8) is 0 Å². The minimum absolute atomic E-state index is 0.0978. The number of benzene rings is 1. The molecule has 88 valence electrons. The molecular formula is C13H15N3O. The molecule has 0 radical (unpaired) electrons. The molecule has 2 aromatic rings. The van der Waals surface area contributed by atoms with Gasteiger partial charge in [-0.15, -0.1) is 0 Å². The molecule has 2 heterocycles. The monoisotopic (exact) mass is 229 g/mol. The maximum atomic E-state index is 12.0. The summed E-state index contributed by atoms with van der Waals surface area (Å²) in [6, 6.07) is 8.04. The molecule has 3 rings (SSSR count). The first-order valence-corrected chi connectivity index (χ1v) is 6.04. The van der Waals surface area contributed by atoms with Crippen LogP contribution in [0.5, 0.6) is 0 Å². The predicted octanol–water partition coefficient (Wildman–Crippen LogP) is 1.89. The van der Waals surface area contributed by atoms with Crippen LogP contribution in [0.4, 0.5) is 0 Å². The van der Waals surface area contributed by atoms with Crippen LogP contribution in [0.3, 0.4) is 0 Å². The number of fused-ring (bicyclic) bond motifs is 1. The van der Waals surface area contributed by atoms with E-state index < -0.39 is 0 Å². The molecule has 0 unspecified atom stereocenters. The van der Waals surface area contributed by atoms with Crippen LogP contribution in [0.25, 0.3) is 11.0 Å². The lowest BCUT2D eigenvalue weighted by atomic mass is 10.1. The van der Waals surface area contributed by atoms with Gasteiger partial charge in [-0.25, -0.2) is 4.98 Å². The molecule has 0 aliphatic carbocycles. The normalized spacial score (nSPS) is 19.9. The molecule has 17 heavy (non-hydrogen) atoms.